The van der Waals surface area contributed by atoms with Crippen LogP contribution in [0.2, 0.25) is 5.02 Å². The van der Waals surface area contributed by atoms with Crippen LogP contribution in [-0.4, -0.2) is 15.6 Å². The fourth-order valence-corrected chi connectivity index (χ4v) is 4.05. The summed E-state index contributed by atoms with van der Waals surface area (Å²) in [6.07, 6.45) is -1.02. The molecule has 9 heteroatoms. The summed E-state index contributed by atoms with van der Waals surface area (Å²) < 4.78 is 41.7. The molecule has 1 aliphatic heterocycles. The fraction of sp³-hybridized carbons (Fsp3) is 0.100. The Hall–Kier alpha value is -2.71. The number of benzene rings is 2. The molecular weight excluding hydrogens is 423 g/mol. The molecule has 4 rings (SSSR count). The second-order valence-corrected chi connectivity index (χ2v) is 7.82. The number of aryl methyl sites for hydroxylation is 1. The molecule has 1 aromatic heterocycles. The maximum atomic E-state index is 13.3. The normalized spacial score (nSPS) is 17.5. The Morgan fingerprint density at radius 2 is 1.97 bits per heavy atom. The average Bonchev–Trinajstić information content (AvgIpc) is 3.16. The minimum absolute atomic E-state index is 0.0408. The quantitative estimate of drug-likeness (QED) is 0.521. The molecule has 1 N–H and O–H groups in total. The summed E-state index contributed by atoms with van der Waals surface area (Å²) in [5.41, 5.74) is 0.576. The second kappa shape index (κ2) is 7.27. The molecule has 0 radical (unpaired) electrons. The van der Waals surface area contributed by atoms with Crippen LogP contribution >= 0.6 is 23.4 Å². The maximum Gasteiger partial charge on any atom is 0.418 e. The first-order valence-electron chi connectivity index (χ1n) is 8.43. The van der Waals surface area contributed by atoms with Crippen LogP contribution in [0, 0.1) is 0 Å². The highest BCUT2D eigenvalue weighted by Gasteiger charge is 2.34. The minimum atomic E-state index is -4.61. The molecule has 0 bridgehead atoms. The fourth-order valence-electron chi connectivity index (χ4n) is 3.05. The van der Waals surface area contributed by atoms with Crippen molar-refractivity contribution in [3.8, 4) is 0 Å². The van der Waals surface area contributed by atoms with Gasteiger partial charge in [0.25, 0.3) is 5.91 Å². The molecule has 0 saturated carbocycles. The van der Waals surface area contributed by atoms with E-state index < -0.39 is 17.6 Å². The molecule has 3 aromatic rings. The van der Waals surface area contributed by atoms with Gasteiger partial charge in [-0.2, -0.15) is 13.2 Å². The summed E-state index contributed by atoms with van der Waals surface area (Å²) in [6.45, 7) is 0. The number of aliphatic imine (C=N–C) groups is 1. The predicted molar refractivity (Wildman–Crippen MR) is 110 cm³/mol. The van der Waals surface area contributed by atoms with E-state index in [4.69, 9.17) is 11.6 Å². The van der Waals surface area contributed by atoms with Crippen molar-refractivity contribution in [2.24, 2.45) is 12.0 Å². The average molecular weight is 436 g/mol. The summed E-state index contributed by atoms with van der Waals surface area (Å²) in [5.74, 6) is -0.413. The van der Waals surface area contributed by atoms with Crippen LogP contribution in [0.25, 0.3) is 17.0 Å². The Labute approximate surface area is 173 Å². The zero-order valence-corrected chi connectivity index (χ0v) is 16.5. The first-order chi connectivity index (χ1) is 13.7. The number of amides is 1. The molecule has 1 saturated heterocycles. The zero-order valence-electron chi connectivity index (χ0n) is 14.9. The van der Waals surface area contributed by atoms with Gasteiger partial charge in [0.2, 0.25) is 0 Å². The standard InChI is InChI=1S/C20H13ClF3N3OS/c1-27-10-11(13-4-2-3-5-16(13)27)8-17-18(28)26-19(29-17)25-15-7-6-12(21)9-14(15)20(22,23)24/h2-10H,1H3,(H,25,26,28). The zero-order chi connectivity index (χ0) is 20.8. The van der Waals surface area contributed by atoms with Gasteiger partial charge < -0.3 is 9.88 Å². The molecule has 29 heavy (non-hydrogen) atoms. The molecule has 0 atom stereocenters. The number of aromatic nitrogens is 1. The van der Waals surface area contributed by atoms with E-state index >= 15 is 0 Å². The molecule has 0 unspecified atom stereocenters. The van der Waals surface area contributed by atoms with Gasteiger partial charge in [-0.05, 0) is 42.1 Å². The summed E-state index contributed by atoms with van der Waals surface area (Å²) >= 11 is 6.68. The van der Waals surface area contributed by atoms with E-state index in [1.807, 2.05) is 42.1 Å². The molecule has 0 spiro atoms. The molecule has 1 fully saturated rings. The van der Waals surface area contributed by atoms with Crippen LogP contribution in [0.4, 0.5) is 18.9 Å². The van der Waals surface area contributed by atoms with Gasteiger partial charge in [0, 0.05) is 34.7 Å². The predicted octanol–water partition coefficient (Wildman–Crippen LogP) is 5.74. The smallest absolute Gasteiger partial charge is 0.350 e. The Morgan fingerprint density at radius 1 is 1.21 bits per heavy atom. The number of amidine groups is 1. The lowest BCUT2D eigenvalue weighted by molar-refractivity contribution is -0.137. The van der Waals surface area contributed by atoms with Gasteiger partial charge in [-0.15, -0.1) is 0 Å². The minimum Gasteiger partial charge on any atom is -0.350 e. The summed E-state index contributed by atoms with van der Waals surface area (Å²) in [6, 6.07) is 11.0. The van der Waals surface area contributed by atoms with E-state index in [0.29, 0.717) is 4.91 Å². The first kappa shape index (κ1) is 19.6. The highest BCUT2D eigenvalue weighted by molar-refractivity contribution is 8.18. The van der Waals surface area contributed by atoms with Gasteiger partial charge in [0.05, 0.1) is 16.2 Å². The number of thioether (sulfide) groups is 1. The van der Waals surface area contributed by atoms with Gasteiger partial charge in [-0.3, -0.25) is 4.79 Å². The molecule has 2 aromatic carbocycles. The van der Waals surface area contributed by atoms with Crippen molar-refractivity contribution in [1.82, 2.24) is 9.88 Å². The third-order valence-electron chi connectivity index (χ3n) is 4.35. The van der Waals surface area contributed by atoms with Crippen LogP contribution in [0.3, 0.4) is 0 Å². The largest absolute Gasteiger partial charge is 0.418 e. The highest BCUT2D eigenvalue weighted by atomic mass is 35.5. The molecule has 2 heterocycles. The lowest BCUT2D eigenvalue weighted by Gasteiger charge is -2.10. The van der Waals surface area contributed by atoms with Crippen LogP contribution in [0.15, 0.2) is 58.6 Å². The molecule has 1 amide bonds. The van der Waals surface area contributed by atoms with E-state index in [1.165, 1.54) is 12.1 Å². The van der Waals surface area contributed by atoms with Crippen molar-refractivity contribution in [3.63, 3.8) is 0 Å². The highest BCUT2D eigenvalue weighted by Crippen LogP contribution is 2.39. The van der Waals surface area contributed by atoms with Gasteiger partial charge in [-0.1, -0.05) is 29.8 Å². The van der Waals surface area contributed by atoms with Gasteiger partial charge in [0.1, 0.15) is 0 Å². The monoisotopic (exact) mass is 435 g/mol. The number of halogens is 4. The van der Waals surface area contributed by atoms with E-state index in [0.717, 1.165) is 34.3 Å². The van der Waals surface area contributed by atoms with Gasteiger partial charge in [0.15, 0.2) is 5.17 Å². The molecule has 4 nitrogen and oxygen atoms in total. The van der Waals surface area contributed by atoms with Crippen molar-refractivity contribution in [2.45, 2.75) is 6.18 Å². The first-order valence-corrected chi connectivity index (χ1v) is 9.62. The third kappa shape index (κ3) is 3.90. The SMILES string of the molecule is Cn1cc(C=C2SC(=Nc3ccc(Cl)cc3C(F)(F)F)NC2=O)c2ccccc21. The van der Waals surface area contributed by atoms with Crippen LogP contribution < -0.4 is 5.32 Å². The van der Waals surface area contributed by atoms with Crippen LogP contribution in [0.1, 0.15) is 11.1 Å². The maximum absolute atomic E-state index is 13.3. The van der Waals surface area contributed by atoms with E-state index in [2.05, 4.69) is 10.3 Å². The van der Waals surface area contributed by atoms with Crippen LogP contribution in [-0.2, 0) is 18.0 Å². The van der Waals surface area contributed by atoms with Crippen molar-refractivity contribution in [3.05, 3.63) is 69.7 Å². The van der Waals surface area contributed by atoms with E-state index in [1.54, 1.807) is 6.08 Å². The number of carbonyl (C=O) groups excluding carboxylic acids is 1. The summed E-state index contributed by atoms with van der Waals surface area (Å²) in [5, 5.41) is 3.53. The summed E-state index contributed by atoms with van der Waals surface area (Å²) in [4.78, 5) is 16.7. The molecular formula is C20H13ClF3N3OS. The molecule has 1 aliphatic rings. The Kier molecular flexibility index (Phi) is 4.92. The van der Waals surface area contributed by atoms with E-state index in [9.17, 15) is 18.0 Å². The number of hydrogen-bond donors (Lipinski definition) is 1. The van der Waals surface area contributed by atoms with Crippen LogP contribution in [0.5, 0.6) is 0 Å². The third-order valence-corrected chi connectivity index (χ3v) is 5.50. The number of nitrogens with zero attached hydrogens (tertiary/aromatic N) is 2. The lowest BCUT2D eigenvalue weighted by atomic mass is 10.1. The van der Waals surface area contributed by atoms with Gasteiger partial charge in [-0.25, -0.2) is 4.99 Å². The number of nitrogens with one attached hydrogen (secondary N) is 1. The van der Waals surface area contributed by atoms with Crippen molar-refractivity contribution in [2.75, 3.05) is 0 Å². The number of para-hydroxylation sites is 1. The van der Waals surface area contributed by atoms with Gasteiger partial charge >= 0.3 is 6.18 Å². The Balaban J connectivity index is 1.69. The number of carbonyl (C=O) groups is 1. The number of rotatable bonds is 2. The molecule has 0 aliphatic carbocycles. The lowest BCUT2D eigenvalue weighted by Crippen LogP contribution is -2.19. The Morgan fingerprint density at radius 3 is 2.72 bits per heavy atom. The topological polar surface area (TPSA) is 46.4 Å². The second-order valence-electron chi connectivity index (χ2n) is 6.35. The number of fused-ring (bicyclic) bond motifs is 1. The van der Waals surface area contributed by atoms with Crippen molar-refractivity contribution < 1.29 is 18.0 Å². The molecule has 148 valence electrons. The van der Waals surface area contributed by atoms with Crippen molar-refractivity contribution in [1.29, 1.82) is 0 Å². The number of alkyl halides is 3. The Bertz CT molecular complexity index is 1200. The van der Waals surface area contributed by atoms with E-state index in [-0.39, 0.29) is 15.9 Å². The summed E-state index contributed by atoms with van der Waals surface area (Å²) in [7, 11) is 1.90. The van der Waals surface area contributed by atoms with Crippen molar-refractivity contribution >= 4 is 57.1 Å². The number of hydrogen-bond acceptors (Lipinski definition) is 3.